The smallest absolute Gasteiger partial charge is 0.0327 e. The van der Waals surface area contributed by atoms with Crippen molar-refractivity contribution in [2.24, 2.45) is 23.7 Å². The lowest BCUT2D eigenvalue weighted by Crippen LogP contribution is -2.38. The van der Waals surface area contributed by atoms with Crippen LogP contribution >= 0.6 is 27.3 Å². The molecule has 3 aliphatic rings. The highest BCUT2D eigenvalue weighted by Gasteiger charge is 2.53. The summed E-state index contributed by atoms with van der Waals surface area (Å²) in [6, 6.07) is 2.97. The van der Waals surface area contributed by atoms with Gasteiger partial charge in [0.05, 0.1) is 0 Å². The molecule has 0 saturated heterocycles. The maximum Gasteiger partial charge on any atom is 0.0327 e. The molecule has 2 bridgehead atoms. The van der Waals surface area contributed by atoms with Crippen molar-refractivity contribution in [2.75, 3.05) is 0 Å². The Hall–Kier alpha value is 0.140. The molecule has 3 aliphatic carbocycles. The molecule has 5 atom stereocenters. The summed E-state index contributed by atoms with van der Waals surface area (Å²) in [7, 11) is 0. The van der Waals surface area contributed by atoms with E-state index in [0.29, 0.717) is 0 Å². The number of thiophene rings is 1. The van der Waals surface area contributed by atoms with Gasteiger partial charge < -0.3 is 5.32 Å². The van der Waals surface area contributed by atoms with E-state index in [4.69, 9.17) is 0 Å². The Morgan fingerprint density at radius 2 is 2.11 bits per heavy atom. The minimum Gasteiger partial charge on any atom is -0.309 e. The lowest BCUT2D eigenvalue weighted by Gasteiger charge is -2.32. The molecule has 0 aliphatic heterocycles. The van der Waals surface area contributed by atoms with Gasteiger partial charge in [-0.25, -0.2) is 0 Å². The number of rotatable bonds is 3. The summed E-state index contributed by atoms with van der Waals surface area (Å²) in [6.07, 6.45) is 7.54. The molecular weight excluding hydrogens is 306 g/mol. The first-order chi connectivity index (χ1) is 8.83. The highest BCUT2D eigenvalue weighted by molar-refractivity contribution is 9.10. The molecule has 3 heteroatoms. The normalized spacial score (nSPS) is 41.5. The van der Waals surface area contributed by atoms with E-state index in [9.17, 15) is 0 Å². The molecule has 0 amide bonds. The molecule has 4 rings (SSSR count). The third kappa shape index (κ3) is 1.82. The SMILES string of the molecule is Brc1ccsc1CNC1CC2CC1C1CCCC21. The predicted molar refractivity (Wildman–Crippen MR) is 79.7 cm³/mol. The summed E-state index contributed by atoms with van der Waals surface area (Å²) in [4.78, 5) is 1.46. The van der Waals surface area contributed by atoms with Gasteiger partial charge in [-0.2, -0.15) is 0 Å². The minimum atomic E-state index is 0.809. The molecule has 0 spiro atoms. The second-order valence-electron chi connectivity index (χ2n) is 6.33. The van der Waals surface area contributed by atoms with Crippen molar-refractivity contribution in [2.45, 2.75) is 44.7 Å². The topological polar surface area (TPSA) is 12.0 Å². The standard InChI is InChI=1S/C15H20BrNS/c16-13-4-5-18-15(13)8-17-14-7-9-6-12(14)11-3-1-2-10(9)11/h4-5,9-12,14,17H,1-3,6-8H2. The lowest BCUT2D eigenvalue weighted by molar-refractivity contribution is 0.208. The molecule has 1 heterocycles. The summed E-state index contributed by atoms with van der Waals surface area (Å²) in [5.41, 5.74) is 0. The summed E-state index contributed by atoms with van der Waals surface area (Å²) in [5.74, 6) is 4.25. The summed E-state index contributed by atoms with van der Waals surface area (Å²) < 4.78 is 1.28. The first-order valence-electron chi connectivity index (χ1n) is 7.28. The minimum absolute atomic E-state index is 0.809. The molecule has 1 aromatic heterocycles. The molecule has 0 aromatic carbocycles. The van der Waals surface area contributed by atoms with Crippen LogP contribution in [0.15, 0.2) is 15.9 Å². The van der Waals surface area contributed by atoms with Crippen LogP contribution in [0.3, 0.4) is 0 Å². The van der Waals surface area contributed by atoms with Gasteiger partial charge in [-0.15, -0.1) is 11.3 Å². The Balaban J connectivity index is 1.41. The van der Waals surface area contributed by atoms with Gasteiger partial charge in [0.1, 0.15) is 0 Å². The third-order valence-corrected chi connectivity index (χ3v) is 7.57. The Labute approximate surface area is 121 Å². The van der Waals surface area contributed by atoms with E-state index >= 15 is 0 Å². The molecule has 98 valence electrons. The van der Waals surface area contributed by atoms with Gasteiger partial charge >= 0.3 is 0 Å². The van der Waals surface area contributed by atoms with Gasteiger partial charge in [-0.05, 0) is 76.7 Å². The van der Waals surface area contributed by atoms with Crippen LogP contribution < -0.4 is 5.32 Å². The van der Waals surface area contributed by atoms with Crippen LogP contribution in [0.5, 0.6) is 0 Å². The fourth-order valence-electron chi connectivity index (χ4n) is 4.98. The van der Waals surface area contributed by atoms with Gasteiger partial charge in [0.15, 0.2) is 0 Å². The van der Waals surface area contributed by atoms with E-state index in [0.717, 1.165) is 36.3 Å². The van der Waals surface area contributed by atoms with Crippen molar-refractivity contribution < 1.29 is 0 Å². The van der Waals surface area contributed by atoms with Crippen LogP contribution in [0.2, 0.25) is 0 Å². The van der Waals surface area contributed by atoms with Crippen molar-refractivity contribution in [3.05, 3.63) is 20.8 Å². The maximum atomic E-state index is 3.85. The van der Waals surface area contributed by atoms with E-state index in [1.165, 1.54) is 41.5 Å². The summed E-state index contributed by atoms with van der Waals surface area (Å²) in [6.45, 7) is 1.06. The molecule has 3 fully saturated rings. The van der Waals surface area contributed by atoms with Gasteiger partial charge in [-0.3, -0.25) is 0 Å². The van der Waals surface area contributed by atoms with Crippen LogP contribution in [-0.4, -0.2) is 6.04 Å². The summed E-state index contributed by atoms with van der Waals surface area (Å²) >= 11 is 5.50. The molecule has 1 aromatic rings. The molecule has 3 saturated carbocycles. The number of hydrogen-bond acceptors (Lipinski definition) is 2. The zero-order valence-electron chi connectivity index (χ0n) is 10.6. The van der Waals surface area contributed by atoms with Crippen molar-refractivity contribution in [1.29, 1.82) is 0 Å². The van der Waals surface area contributed by atoms with Crippen LogP contribution in [0, 0.1) is 23.7 Å². The number of hydrogen-bond donors (Lipinski definition) is 1. The molecule has 0 radical (unpaired) electrons. The Morgan fingerprint density at radius 3 is 2.94 bits per heavy atom. The van der Waals surface area contributed by atoms with Crippen molar-refractivity contribution >= 4 is 27.3 Å². The largest absolute Gasteiger partial charge is 0.309 e. The van der Waals surface area contributed by atoms with E-state index in [-0.39, 0.29) is 0 Å². The Kier molecular flexibility index (Phi) is 3.05. The molecule has 1 N–H and O–H groups in total. The van der Waals surface area contributed by atoms with Gasteiger partial charge in [0.25, 0.3) is 0 Å². The average molecular weight is 326 g/mol. The monoisotopic (exact) mass is 325 g/mol. The quantitative estimate of drug-likeness (QED) is 0.867. The number of fused-ring (bicyclic) bond motifs is 5. The average Bonchev–Trinajstić information content (AvgIpc) is 3.08. The van der Waals surface area contributed by atoms with Crippen LogP contribution in [0.4, 0.5) is 0 Å². The Bertz CT molecular complexity index is 443. The molecular formula is C15H20BrNS. The van der Waals surface area contributed by atoms with E-state index < -0.39 is 0 Å². The second-order valence-corrected chi connectivity index (χ2v) is 8.19. The van der Waals surface area contributed by atoms with E-state index in [1.807, 2.05) is 11.3 Å². The fraction of sp³-hybridized carbons (Fsp3) is 0.733. The Morgan fingerprint density at radius 1 is 1.22 bits per heavy atom. The van der Waals surface area contributed by atoms with E-state index in [2.05, 4.69) is 32.7 Å². The highest BCUT2D eigenvalue weighted by Crippen LogP contribution is 2.58. The van der Waals surface area contributed by atoms with Crippen molar-refractivity contribution in [3.63, 3.8) is 0 Å². The third-order valence-electron chi connectivity index (χ3n) is 5.64. The highest BCUT2D eigenvalue weighted by atomic mass is 79.9. The zero-order valence-corrected chi connectivity index (χ0v) is 13.0. The lowest BCUT2D eigenvalue weighted by atomic mass is 9.79. The van der Waals surface area contributed by atoms with Crippen LogP contribution in [0.1, 0.15) is 37.0 Å². The van der Waals surface area contributed by atoms with Crippen LogP contribution in [0.25, 0.3) is 0 Å². The molecule has 1 nitrogen and oxygen atoms in total. The van der Waals surface area contributed by atoms with Crippen LogP contribution in [-0.2, 0) is 6.54 Å². The number of halogens is 1. The first-order valence-corrected chi connectivity index (χ1v) is 8.95. The van der Waals surface area contributed by atoms with Gasteiger partial charge in [0.2, 0.25) is 0 Å². The molecule has 18 heavy (non-hydrogen) atoms. The van der Waals surface area contributed by atoms with E-state index in [1.54, 1.807) is 0 Å². The number of nitrogens with one attached hydrogen (secondary N) is 1. The van der Waals surface area contributed by atoms with Crippen molar-refractivity contribution in [1.82, 2.24) is 5.32 Å². The molecule has 5 unspecified atom stereocenters. The predicted octanol–water partition coefficient (Wildman–Crippen LogP) is 4.42. The second kappa shape index (κ2) is 4.60. The first kappa shape index (κ1) is 11.9. The van der Waals surface area contributed by atoms with Crippen molar-refractivity contribution in [3.8, 4) is 0 Å². The van der Waals surface area contributed by atoms with Gasteiger partial charge in [-0.1, -0.05) is 6.42 Å². The fourth-order valence-corrected chi connectivity index (χ4v) is 6.42. The zero-order chi connectivity index (χ0) is 12.1. The maximum absolute atomic E-state index is 3.85. The summed E-state index contributed by atoms with van der Waals surface area (Å²) in [5, 5.41) is 6.02. The van der Waals surface area contributed by atoms with Gasteiger partial charge in [0, 0.05) is 21.9 Å².